The van der Waals surface area contributed by atoms with Crippen LogP contribution in [0.25, 0.3) is 0 Å². The maximum absolute atomic E-state index is 11.1. The average Bonchev–Trinajstić information content (AvgIpc) is 2.67. The highest BCUT2D eigenvalue weighted by Crippen LogP contribution is 2.47. The lowest BCUT2D eigenvalue weighted by Gasteiger charge is -2.17. The van der Waals surface area contributed by atoms with Crippen LogP contribution in [0.4, 0.5) is 0 Å². The summed E-state index contributed by atoms with van der Waals surface area (Å²) in [5.41, 5.74) is 0. The summed E-state index contributed by atoms with van der Waals surface area (Å²) in [6, 6.07) is -0.650. The van der Waals surface area contributed by atoms with E-state index in [9.17, 15) is 4.79 Å². The van der Waals surface area contributed by atoms with Crippen molar-refractivity contribution in [2.75, 3.05) is 0 Å². The maximum Gasteiger partial charge on any atom is 0.329 e. The standard InChI is InChI=1S/C9H11NO4/c1-2-4-7(9(11)12)10-6(13-4)3-5-8(10)14-5/h2,5-8H,3H2,1H3,(H,11,12)/b4-2-/t5?,6?,7?,8-/m0/s1. The van der Waals surface area contributed by atoms with Crippen molar-refractivity contribution in [1.29, 1.82) is 0 Å². The fourth-order valence-electron chi connectivity index (χ4n) is 2.32. The Morgan fingerprint density at radius 3 is 3.14 bits per heavy atom. The molecule has 3 saturated heterocycles. The van der Waals surface area contributed by atoms with Gasteiger partial charge in [0.05, 0.1) is 0 Å². The minimum absolute atomic E-state index is 0.0291. The summed E-state index contributed by atoms with van der Waals surface area (Å²) in [6.07, 6.45) is 2.57. The van der Waals surface area contributed by atoms with Gasteiger partial charge in [-0.1, -0.05) is 0 Å². The zero-order valence-electron chi connectivity index (χ0n) is 7.71. The van der Waals surface area contributed by atoms with Gasteiger partial charge >= 0.3 is 5.97 Å². The molecular formula is C9H11NO4. The second-order valence-electron chi connectivity index (χ2n) is 3.75. The smallest absolute Gasteiger partial charge is 0.329 e. The average molecular weight is 197 g/mol. The van der Waals surface area contributed by atoms with E-state index in [0.717, 1.165) is 6.42 Å². The topological polar surface area (TPSA) is 62.3 Å². The van der Waals surface area contributed by atoms with E-state index >= 15 is 0 Å². The van der Waals surface area contributed by atoms with Gasteiger partial charge in [-0.25, -0.2) is 4.90 Å². The Morgan fingerprint density at radius 1 is 1.71 bits per heavy atom. The van der Waals surface area contributed by atoms with Crippen molar-refractivity contribution >= 4 is 5.97 Å². The number of carboxylic acids is 1. The quantitative estimate of drug-likeness (QED) is 0.605. The van der Waals surface area contributed by atoms with Crippen molar-refractivity contribution < 1.29 is 19.4 Å². The van der Waals surface area contributed by atoms with E-state index in [-0.39, 0.29) is 18.6 Å². The molecule has 0 amide bonds. The van der Waals surface area contributed by atoms with E-state index in [1.807, 2.05) is 4.90 Å². The molecule has 3 heterocycles. The molecule has 3 aliphatic heterocycles. The molecule has 0 aromatic heterocycles. The largest absolute Gasteiger partial charge is 0.480 e. The summed E-state index contributed by atoms with van der Waals surface area (Å²) in [5, 5.41) is 9.08. The monoisotopic (exact) mass is 197 g/mol. The van der Waals surface area contributed by atoms with Crippen molar-refractivity contribution in [1.82, 2.24) is 4.90 Å². The third-order valence-electron chi connectivity index (χ3n) is 2.97. The molecule has 4 atom stereocenters. The Kier molecular flexibility index (Phi) is 1.47. The summed E-state index contributed by atoms with van der Waals surface area (Å²) in [5.74, 6) is -0.326. The van der Waals surface area contributed by atoms with Crippen molar-refractivity contribution in [3.63, 3.8) is 0 Å². The van der Waals surface area contributed by atoms with Gasteiger partial charge in [-0.2, -0.15) is 0 Å². The SMILES string of the molecule is C/C=C1\OC2CC3O[C@@H]3N2C1C(=O)O. The molecular weight excluding hydrogens is 186 g/mol. The highest BCUT2D eigenvalue weighted by molar-refractivity contribution is 5.77. The molecule has 14 heavy (non-hydrogen) atoms. The maximum atomic E-state index is 11.1. The number of epoxide rings is 1. The second-order valence-corrected chi connectivity index (χ2v) is 3.75. The molecule has 3 fully saturated rings. The second kappa shape index (κ2) is 2.49. The summed E-state index contributed by atoms with van der Waals surface area (Å²) in [6.45, 7) is 1.79. The molecule has 5 nitrogen and oxygen atoms in total. The number of ether oxygens (including phenoxy) is 2. The molecule has 0 aromatic rings. The van der Waals surface area contributed by atoms with Crippen LogP contribution in [-0.2, 0) is 14.3 Å². The summed E-state index contributed by atoms with van der Waals surface area (Å²) in [4.78, 5) is 12.9. The number of carbonyl (C=O) groups is 1. The molecule has 0 bridgehead atoms. The van der Waals surface area contributed by atoms with Crippen LogP contribution in [0.3, 0.4) is 0 Å². The Morgan fingerprint density at radius 2 is 2.50 bits per heavy atom. The highest BCUT2D eigenvalue weighted by Gasteiger charge is 2.63. The number of allylic oxidation sites excluding steroid dienone is 1. The van der Waals surface area contributed by atoms with Gasteiger partial charge in [-0.15, -0.1) is 0 Å². The van der Waals surface area contributed by atoms with Crippen LogP contribution in [-0.4, -0.2) is 40.6 Å². The number of rotatable bonds is 1. The summed E-state index contributed by atoms with van der Waals surface area (Å²) < 4.78 is 10.8. The van der Waals surface area contributed by atoms with Gasteiger partial charge in [0.1, 0.15) is 18.1 Å². The predicted molar refractivity (Wildman–Crippen MR) is 45.2 cm³/mol. The molecule has 0 aliphatic carbocycles. The van der Waals surface area contributed by atoms with Crippen LogP contribution >= 0.6 is 0 Å². The number of carboxylic acid groups (broad SMARTS) is 1. The first-order valence-corrected chi connectivity index (χ1v) is 4.71. The zero-order valence-corrected chi connectivity index (χ0v) is 7.71. The third-order valence-corrected chi connectivity index (χ3v) is 2.97. The molecule has 0 saturated carbocycles. The van der Waals surface area contributed by atoms with Gasteiger partial charge in [0.15, 0.2) is 12.3 Å². The Bertz CT molecular complexity index is 327. The summed E-state index contributed by atoms with van der Waals surface area (Å²) in [7, 11) is 0. The molecule has 1 N–H and O–H groups in total. The van der Waals surface area contributed by atoms with Crippen molar-refractivity contribution in [2.24, 2.45) is 0 Å². The van der Waals surface area contributed by atoms with Crippen LogP contribution < -0.4 is 0 Å². The Balaban J connectivity index is 1.94. The van der Waals surface area contributed by atoms with Crippen molar-refractivity contribution in [3.8, 4) is 0 Å². The number of fused-ring (bicyclic) bond motifs is 3. The molecule has 3 aliphatic rings. The van der Waals surface area contributed by atoms with E-state index in [1.54, 1.807) is 13.0 Å². The van der Waals surface area contributed by atoms with Crippen LogP contribution in [0, 0.1) is 0 Å². The van der Waals surface area contributed by atoms with Gasteiger partial charge in [0, 0.05) is 6.42 Å². The molecule has 5 heteroatoms. The number of nitrogens with zero attached hydrogens (tertiary/aromatic N) is 1. The van der Waals surface area contributed by atoms with E-state index in [4.69, 9.17) is 14.6 Å². The Labute approximate surface area is 80.9 Å². The van der Waals surface area contributed by atoms with Gasteiger partial charge < -0.3 is 14.6 Å². The minimum atomic E-state index is -0.864. The first-order chi connectivity index (χ1) is 6.72. The Hall–Kier alpha value is -1.07. The number of hydrogen-bond acceptors (Lipinski definition) is 4. The number of hydrogen-bond donors (Lipinski definition) is 1. The van der Waals surface area contributed by atoms with E-state index in [1.165, 1.54) is 0 Å². The minimum Gasteiger partial charge on any atom is -0.480 e. The first-order valence-electron chi connectivity index (χ1n) is 4.71. The van der Waals surface area contributed by atoms with Gasteiger partial charge in [-0.05, 0) is 13.0 Å². The van der Waals surface area contributed by atoms with E-state index in [2.05, 4.69) is 0 Å². The molecule has 3 unspecified atom stereocenters. The van der Waals surface area contributed by atoms with E-state index in [0.29, 0.717) is 5.76 Å². The lowest BCUT2D eigenvalue weighted by atomic mass is 10.2. The van der Waals surface area contributed by atoms with Gasteiger partial charge in [0.2, 0.25) is 0 Å². The lowest BCUT2D eigenvalue weighted by Crippen LogP contribution is -2.40. The van der Waals surface area contributed by atoms with Crippen LogP contribution in [0.2, 0.25) is 0 Å². The fraction of sp³-hybridized carbons (Fsp3) is 0.667. The molecule has 0 aromatic carbocycles. The summed E-state index contributed by atoms with van der Waals surface area (Å²) >= 11 is 0. The van der Waals surface area contributed by atoms with Crippen LogP contribution in [0.5, 0.6) is 0 Å². The van der Waals surface area contributed by atoms with Crippen LogP contribution in [0.15, 0.2) is 11.8 Å². The molecule has 0 spiro atoms. The van der Waals surface area contributed by atoms with E-state index < -0.39 is 12.0 Å². The van der Waals surface area contributed by atoms with Crippen molar-refractivity contribution in [2.45, 2.75) is 37.9 Å². The first kappa shape index (κ1) is 8.26. The van der Waals surface area contributed by atoms with Crippen molar-refractivity contribution in [3.05, 3.63) is 11.8 Å². The normalized spacial score (nSPS) is 47.4. The van der Waals surface area contributed by atoms with Crippen LogP contribution in [0.1, 0.15) is 13.3 Å². The predicted octanol–water partition coefficient (Wildman–Crippen LogP) is 0.130. The molecule has 76 valence electrons. The number of aliphatic carboxylic acids is 1. The fourth-order valence-corrected chi connectivity index (χ4v) is 2.32. The molecule has 0 radical (unpaired) electrons. The lowest BCUT2D eigenvalue weighted by molar-refractivity contribution is -0.142. The molecule has 3 rings (SSSR count). The van der Waals surface area contributed by atoms with Gasteiger partial charge in [0.25, 0.3) is 0 Å². The highest BCUT2D eigenvalue weighted by atomic mass is 16.6. The van der Waals surface area contributed by atoms with Gasteiger partial charge in [-0.3, -0.25) is 4.79 Å². The third kappa shape index (κ3) is 0.883. The zero-order chi connectivity index (χ0) is 9.87.